The highest BCUT2D eigenvalue weighted by atomic mass is 79.9. The van der Waals surface area contributed by atoms with Crippen LogP contribution in [0.5, 0.6) is 0 Å². The molecule has 0 amide bonds. The van der Waals surface area contributed by atoms with Gasteiger partial charge in [0.05, 0.1) is 0 Å². The van der Waals surface area contributed by atoms with E-state index in [9.17, 15) is 0 Å². The van der Waals surface area contributed by atoms with E-state index in [0.29, 0.717) is 0 Å². The van der Waals surface area contributed by atoms with Crippen LogP contribution in [0, 0.1) is 0 Å². The number of rotatable bonds is 2. The van der Waals surface area contributed by atoms with Gasteiger partial charge in [0.15, 0.2) is 0 Å². The first-order chi connectivity index (χ1) is 10.6. The quantitative estimate of drug-likeness (QED) is 0.368. The molecule has 0 heterocycles. The highest BCUT2D eigenvalue weighted by molar-refractivity contribution is 9.11. The number of benzene rings is 3. The third-order valence-corrected chi connectivity index (χ3v) is 5.36. The van der Waals surface area contributed by atoms with Gasteiger partial charge in [-0.2, -0.15) is 0 Å². The highest BCUT2D eigenvalue weighted by Crippen LogP contribution is 2.41. The maximum atomic E-state index is 6.31. The van der Waals surface area contributed by atoms with E-state index in [4.69, 9.17) is 23.2 Å². The molecule has 3 aromatic rings. The van der Waals surface area contributed by atoms with Crippen molar-refractivity contribution in [1.29, 1.82) is 0 Å². The Balaban J connectivity index is 2.18. The highest BCUT2D eigenvalue weighted by Gasteiger charge is 2.13. The number of hydrogen-bond acceptors (Lipinski definition) is 0. The van der Waals surface area contributed by atoms with Crippen LogP contribution in [0.1, 0.15) is 0 Å². The number of halogens is 4. The summed E-state index contributed by atoms with van der Waals surface area (Å²) in [5, 5.41) is 1.45. The van der Waals surface area contributed by atoms with Crippen LogP contribution < -0.4 is 0 Å². The lowest BCUT2D eigenvalue weighted by Crippen LogP contribution is -1.87. The fourth-order valence-electron chi connectivity index (χ4n) is 2.32. The molecule has 0 spiro atoms. The van der Waals surface area contributed by atoms with Crippen LogP contribution in [0.3, 0.4) is 0 Å². The first kappa shape index (κ1) is 16.1. The number of hydrogen-bond donors (Lipinski definition) is 0. The third kappa shape index (κ3) is 3.11. The minimum Gasteiger partial charge on any atom is -0.0837 e. The Morgan fingerprint density at radius 1 is 0.545 bits per heavy atom. The van der Waals surface area contributed by atoms with Crippen LogP contribution in [0.25, 0.3) is 22.3 Å². The Bertz CT molecular complexity index is 773. The summed E-state index contributed by atoms with van der Waals surface area (Å²) in [6.45, 7) is 0. The predicted molar refractivity (Wildman–Crippen MR) is 103 cm³/mol. The summed E-state index contributed by atoms with van der Waals surface area (Å²) >= 11 is 19.9. The van der Waals surface area contributed by atoms with Crippen LogP contribution in [0.2, 0.25) is 10.0 Å². The standard InChI is InChI=1S/C18H10Br2Cl2/c19-15-10-14(12-6-2-4-8-18(12)22)16(20)9-13(15)11-5-1-3-7-17(11)21/h1-10H. The molecule has 0 fully saturated rings. The molecule has 0 atom stereocenters. The van der Waals surface area contributed by atoms with Gasteiger partial charge < -0.3 is 0 Å². The van der Waals surface area contributed by atoms with Crippen molar-refractivity contribution in [3.63, 3.8) is 0 Å². The molecule has 0 unspecified atom stereocenters. The maximum Gasteiger partial charge on any atom is 0.0484 e. The molecule has 0 N–H and O–H groups in total. The fraction of sp³-hybridized carbons (Fsp3) is 0. The molecular weight excluding hydrogens is 447 g/mol. The normalized spacial score (nSPS) is 10.7. The van der Waals surface area contributed by atoms with E-state index in [1.807, 2.05) is 48.5 Å². The molecule has 3 rings (SSSR count). The molecule has 0 aliphatic heterocycles. The van der Waals surface area contributed by atoms with Gasteiger partial charge in [-0.3, -0.25) is 0 Å². The van der Waals surface area contributed by atoms with Crippen LogP contribution in [0.4, 0.5) is 0 Å². The maximum absolute atomic E-state index is 6.31. The Morgan fingerprint density at radius 2 is 0.909 bits per heavy atom. The zero-order valence-electron chi connectivity index (χ0n) is 11.3. The van der Waals surface area contributed by atoms with Crippen molar-refractivity contribution in [2.75, 3.05) is 0 Å². The van der Waals surface area contributed by atoms with E-state index >= 15 is 0 Å². The lowest BCUT2D eigenvalue weighted by Gasteiger charge is -2.13. The zero-order valence-corrected chi connectivity index (χ0v) is 16.0. The minimum absolute atomic E-state index is 0.723. The van der Waals surface area contributed by atoms with Gasteiger partial charge in [-0.05, 0) is 35.4 Å². The first-order valence-electron chi connectivity index (χ1n) is 6.57. The van der Waals surface area contributed by atoms with Gasteiger partial charge >= 0.3 is 0 Å². The summed E-state index contributed by atoms with van der Waals surface area (Å²) in [6.07, 6.45) is 0. The summed E-state index contributed by atoms with van der Waals surface area (Å²) in [5.74, 6) is 0. The summed E-state index contributed by atoms with van der Waals surface area (Å²) < 4.78 is 1.94. The minimum atomic E-state index is 0.723. The van der Waals surface area contributed by atoms with E-state index in [1.54, 1.807) is 0 Å². The van der Waals surface area contributed by atoms with Crippen LogP contribution in [-0.2, 0) is 0 Å². The van der Waals surface area contributed by atoms with Crippen molar-refractivity contribution in [3.8, 4) is 22.3 Å². The van der Waals surface area contributed by atoms with E-state index in [1.165, 1.54) is 0 Å². The van der Waals surface area contributed by atoms with Gasteiger partial charge in [-0.15, -0.1) is 0 Å². The smallest absolute Gasteiger partial charge is 0.0484 e. The molecule has 0 saturated heterocycles. The molecule has 0 aliphatic rings. The fourth-order valence-corrected chi connectivity index (χ4v) is 3.91. The lowest BCUT2D eigenvalue weighted by atomic mass is 10.00. The summed E-state index contributed by atoms with van der Waals surface area (Å²) in [4.78, 5) is 0. The average Bonchev–Trinajstić information content (AvgIpc) is 2.51. The topological polar surface area (TPSA) is 0 Å². The largest absolute Gasteiger partial charge is 0.0837 e. The van der Waals surface area contributed by atoms with Crippen molar-refractivity contribution in [2.45, 2.75) is 0 Å². The van der Waals surface area contributed by atoms with E-state index in [0.717, 1.165) is 41.2 Å². The molecule has 0 saturated carbocycles. The summed E-state index contributed by atoms with van der Waals surface area (Å²) in [5.41, 5.74) is 4.05. The Morgan fingerprint density at radius 3 is 1.27 bits per heavy atom. The molecule has 0 aromatic heterocycles. The lowest BCUT2D eigenvalue weighted by molar-refractivity contribution is 1.53. The second kappa shape index (κ2) is 6.76. The molecule has 4 heteroatoms. The van der Waals surface area contributed by atoms with Crippen molar-refractivity contribution < 1.29 is 0 Å². The van der Waals surface area contributed by atoms with E-state index in [-0.39, 0.29) is 0 Å². The molecule has 0 radical (unpaired) electrons. The van der Waals surface area contributed by atoms with Gasteiger partial charge in [-0.25, -0.2) is 0 Å². The Hall–Kier alpha value is -0.800. The van der Waals surface area contributed by atoms with Crippen molar-refractivity contribution in [3.05, 3.63) is 79.7 Å². The molecule has 110 valence electrons. The van der Waals surface area contributed by atoms with Crippen LogP contribution in [-0.4, -0.2) is 0 Å². The van der Waals surface area contributed by atoms with Gasteiger partial charge in [-0.1, -0.05) is 91.5 Å². The monoisotopic (exact) mass is 454 g/mol. The molecule has 0 bridgehead atoms. The molecular formula is C18H10Br2Cl2. The van der Waals surface area contributed by atoms with E-state index in [2.05, 4.69) is 44.0 Å². The van der Waals surface area contributed by atoms with Gasteiger partial charge in [0, 0.05) is 30.1 Å². The van der Waals surface area contributed by atoms with Crippen molar-refractivity contribution >= 4 is 55.1 Å². The summed E-state index contributed by atoms with van der Waals surface area (Å²) in [6, 6.07) is 19.7. The molecule has 22 heavy (non-hydrogen) atoms. The predicted octanol–water partition coefficient (Wildman–Crippen LogP) is 7.85. The zero-order chi connectivity index (χ0) is 15.7. The van der Waals surface area contributed by atoms with Crippen LogP contribution >= 0.6 is 55.1 Å². The van der Waals surface area contributed by atoms with Gasteiger partial charge in [0.25, 0.3) is 0 Å². The third-order valence-electron chi connectivity index (χ3n) is 3.38. The second-order valence-corrected chi connectivity index (χ2v) is 7.29. The van der Waals surface area contributed by atoms with Crippen LogP contribution in [0.15, 0.2) is 69.6 Å². The SMILES string of the molecule is Clc1ccccc1-c1cc(Br)c(-c2ccccc2Cl)cc1Br. The molecule has 0 nitrogen and oxygen atoms in total. The summed E-state index contributed by atoms with van der Waals surface area (Å²) in [7, 11) is 0. The average molecular weight is 457 g/mol. The van der Waals surface area contributed by atoms with Crippen molar-refractivity contribution in [2.24, 2.45) is 0 Å². The van der Waals surface area contributed by atoms with Gasteiger partial charge in [0.2, 0.25) is 0 Å². The first-order valence-corrected chi connectivity index (χ1v) is 8.91. The Kier molecular flexibility index (Phi) is 4.94. The van der Waals surface area contributed by atoms with Gasteiger partial charge in [0.1, 0.15) is 0 Å². The second-order valence-electron chi connectivity index (χ2n) is 4.77. The molecule has 0 aliphatic carbocycles. The van der Waals surface area contributed by atoms with Crippen molar-refractivity contribution in [1.82, 2.24) is 0 Å². The van der Waals surface area contributed by atoms with E-state index < -0.39 is 0 Å². The Labute approximate surface area is 156 Å². The molecule has 3 aromatic carbocycles.